The van der Waals surface area contributed by atoms with Crippen LogP contribution in [0, 0.1) is 17.5 Å². The van der Waals surface area contributed by atoms with Crippen molar-refractivity contribution in [2.75, 3.05) is 11.4 Å². The minimum absolute atomic E-state index is 0.106. The molecular weight excluding hydrogens is 389 g/mol. The Morgan fingerprint density at radius 2 is 2.00 bits per heavy atom. The Bertz CT molecular complexity index is 1070. The van der Waals surface area contributed by atoms with E-state index in [9.17, 15) is 28.2 Å². The highest BCUT2D eigenvalue weighted by molar-refractivity contribution is 5.87. The lowest BCUT2D eigenvalue weighted by Crippen LogP contribution is -2.55. The molecule has 0 saturated carbocycles. The maximum atomic E-state index is 13.8. The van der Waals surface area contributed by atoms with Gasteiger partial charge in [-0.3, -0.25) is 4.79 Å². The van der Waals surface area contributed by atoms with Crippen molar-refractivity contribution < 1.29 is 28.2 Å². The number of carbonyl (C=O) groups excluding carboxylic acids is 1. The third kappa shape index (κ3) is 3.40. The Morgan fingerprint density at radius 3 is 2.72 bits per heavy atom. The van der Waals surface area contributed by atoms with Crippen molar-refractivity contribution in [1.29, 1.82) is 0 Å². The maximum absolute atomic E-state index is 13.8. The number of aromatic nitrogens is 2. The average molecular weight is 406 g/mol. The highest BCUT2D eigenvalue weighted by atomic mass is 19.1. The van der Waals surface area contributed by atoms with E-state index >= 15 is 0 Å². The summed E-state index contributed by atoms with van der Waals surface area (Å²) in [4.78, 5) is 20.6. The van der Waals surface area contributed by atoms with Crippen LogP contribution < -0.4 is 10.2 Å². The first-order valence-electron chi connectivity index (χ1n) is 8.81. The minimum atomic E-state index is -2.16. The number of amides is 1. The van der Waals surface area contributed by atoms with Crippen molar-refractivity contribution in [3.8, 4) is 0 Å². The number of hydrogen-bond donors (Lipinski definition) is 4. The Kier molecular flexibility index (Phi) is 4.67. The fourth-order valence-electron chi connectivity index (χ4n) is 3.47. The van der Waals surface area contributed by atoms with Crippen LogP contribution in [0.15, 0.2) is 36.7 Å². The number of halogens is 3. The molecule has 0 spiro atoms. The highest BCUT2D eigenvalue weighted by Gasteiger charge is 2.51. The van der Waals surface area contributed by atoms with E-state index in [1.807, 2.05) is 0 Å². The summed E-state index contributed by atoms with van der Waals surface area (Å²) in [6.45, 7) is -0.122. The summed E-state index contributed by atoms with van der Waals surface area (Å²) < 4.78 is 40.3. The van der Waals surface area contributed by atoms with Gasteiger partial charge in [-0.05, 0) is 23.8 Å². The van der Waals surface area contributed by atoms with Gasteiger partial charge in [-0.1, -0.05) is 0 Å². The van der Waals surface area contributed by atoms with Crippen LogP contribution in [0.4, 0.5) is 18.9 Å². The summed E-state index contributed by atoms with van der Waals surface area (Å²) >= 11 is 0. The van der Waals surface area contributed by atoms with Gasteiger partial charge in [0.2, 0.25) is 0 Å². The van der Waals surface area contributed by atoms with Crippen molar-refractivity contribution in [3.05, 3.63) is 59.7 Å². The first kappa shape index (κ1) is 19.2. The molecule has 0 radical (unpaired) electrons. The van der Waals surface area contributed by atoms with Gasteiger partial charge in [0.1, 0.15) is 23.1 Å². The van der Waals surface area contributed by atoms with Crippen LogP contribution in [-0.4, -0.2) is 44.5 Å². The topological polar surface area (TPSA) is 101 Å². The van der Waals surface area contributed by atoms with Gasteiger partial charge in [0, 0.05) is 31.8 Å². The van der Waals surface area contributed by atoms with Crippen LogP contribution in [0.2, 0.25) is 0 Å². The molecule has 29 heavy (non-hydrogen) atoms. The zero-order valence-corrected chi connectivity index (χ0v) is 15.0. The lowest BCUT2D eigenvalue weighted by Gasteiger charge is -2.29. The summed E-state index contributed by atoms with van der Waals surface area (Å²) in [5.74, 6) is -2.99. The molecule has 1 amide bonds. The van der Waals surface area contributed by atoms with Crippen molar-refractivity contribution in [1.82, 2.24) is 15.3 Å². The summed E-state index contributed by atoms with van der Waals surface area (Å²) in [7, 11) is 0. The highest BCUT2D eigenvalue weighted by Crippen LogP contribution is 2.33. The van der Waals surface area contributed by atoms with Crippen LogP contribution >= 0.6 is 0 Å². The number of fused-ring (bicyclic) bond motifs is 1. The molecule has 1 aliphatic heterocycles. The van der Waals surface area contributed by atoms with E-state index in [0.29, 0.717) is 17.4 Å². The number of anilines is 1. The van der Waals surface area contributed by atoms with Gasteiger partial charge in [-0.2, -0.15) is 0 Å². The average Bonchev–Trinajstić information content (AvgIpc) is 3.20. The molecular formula is C19H17F3N4O3. The smallest absolute Gasteiger partial charge is 0.257 e. The molecule has 4 N–H and O–H groups in total. The van der Waals surface area contributed by atoms with Crippen molar-refractivity contribution in [3.63, 3.8) is 0 Å². The molecule has 2 aromatic heterocycles. The summed E-state index contributed by atoms with van der Waals surface area (Å²) in [6.07, 6.45) is 0.820. The first-order chi connectivity index (χ1) is 13.8. The Morgan fingerprint density at radius 1 is 1.28 bits per heavy atom. The number of carbonyl (C=O) groups is 1. The first-order valence-corrected chi connectivity index (χ1v) is 8.81. The van der Waals surface area contributed by atoms with Gasteiger partial charge in [0.25, 0.3) is 5.91 Å². The molecule has 10 heteroatoms. The molecule has 1 aliphatic rings. The molecule has 4 rings (SSSR count). The monoisotopic (exact) mass is 406 g/mol. The molecule has 1 saturated heterocycles. The maximum Gasteiger partial charge on any atom is 0.257 e. The number of pyridine rings is 1. The number of H-pyrrole nitrogens is 1. The zero-order valence-electron chi connectivity index (χ0n) is 15.0. The van der Waals surface area contributed by atoms with Gasteiger partial charge in [-0.15, -0.1) is 0 Å². The SMILES string of the molecule is O=C(NCc1cc(F)cc(F)c1)[C@@]1(O)CCN(c2cnc3[nH]cc(F)c3c2)C1O. The second-order valence-electron chi connectivity index (χ2n) is 6.93. The van der Waals surface area contributed by atoms with Crippen LogP contribution in [-0.2, 0) is 11.3 Å². The lowest BCUT2D eigenvalue weighted by atomic mass is 10.00. The molecule has 3 heterocycles. The molecule has 1 fully saturated rings. The van der Waals surface area contributed by atoms with Gasteiger partial charge < -0.3 is 25.4 Å². The molecule has 1 unspecified atom stereocenters. The molecule has 1 aromatic carbocycles. The van der Waals surface area contributed by atoms with Gasteiger partial charge in [0.15, 0.2) is 11.8 Å². The fraction of sp³-hybridized carbons (Fsp3) is 0.263. The van der Waals surface area contributed by atoms with E-state index in [2.05, 4.69) is 15.3 Å². The number of aromatic amines is 1. The molecule has 0 bridgehead atoms. The number of aliphatic hydroxyl groups is 2. The number of benzene rings is 1. The van der Waals surface area contributed by atoms with Crippen molar-refractivity contribution in [2.24, 2.45) is 0 Å². The van der Waals surface area contributed by atoms with E-state index < -0.39 is 35.2 Å². The molecule has 0 aliphatic carbocycles. The largest absolute Gasteiger partial charge is 0.376 e. The Hall–Kier alpha value is -3.11. The van der Waals surface area contributed by atoms with Gasteiger partial charge in [0.05, 0.1) is 17.3 Å². The van der Waals surface area contributed by atoms with E-state index in [0.717, 1.165) is 18.3 Å². The zero-order chi connectivity index (χ0) is 20.8. The third-order valence-corrected chi connectivity index (χ3v) is 5.02. The standard InChI is InChI=1S/C19H17F3N4O3/c20-11-3-10(4-12(21)5-11)7-25-17(27)19(29)1-2-26(18(19)28)13-6-14-15(22)9-24-16(14)23-8-13/h3-6,8-9,18,28-29H,1-2,7H2,(H,23,24)(H,25,27)/t18?,19-/m0/s1. The number of nitrogens with one attached hydrogen (secondary N) is 2. The molecule has 3 aromatic rings. The predicted octanol–water partition coefficient (Wildman–Crippen LogP) is 1.56. The van der Waals surface area contributed by atoms with Crippen LogP contribution in [0.3, 0.4) is 0 Å². The van der Waals surface area contributed by atoms with Crippen molar-refractivity contribution >= 4 is 22.6 Å². The van der Waals surface area contributed by atoms with Gasteiger partial charge >= 0.3 is 0 Å². The van der Waals surface area contributed by atoms with E-state index in [-0.39, 0.29) is 30.5 Å². The number of nitrogens with zero attached hydrogens (tertiary/aromatic N) is 2. The van der Waals surface area contributed by atoms with Crippen LogP contribution in [0.25, 0.3) is 11.0 Å². The number of hydrogen-bond acceptors (Lipinski definition) is 5. The lowest BCUT2D eigenvalue weighted by molar-refractivity contribution is -0.148. The second-order valence-corrected chi connectivity index (χ2v) is 6.93. The minimum Gasteiger partial charge on any atom is -0.376 e. The number of aliphatic hydroxyl groups excluding tert-OH is 1. The quantitative estimate of drug-likeness (QED) is 0.527. The Labute approximate surface area is 162 Å². The summed E-state index contributed by atoms with van der Waals surface area (Å²) in [5, 5.41) is 23.9. The molecule has 2 atom stereocenters. The van der Waals surface area contributed by atoms with Crippen LogP contribution in [0.5, 0.6) is 0 Å². The summed E-state index contributed by atoms with van der Waals surface area (Å²) in [6, 6.07) is 4.26. The fourth-order valence-corrected chi connectivity index (χ4v) is 3.47. The Balaban J connectivity index is 1.50. The van der Waals surface area contributed by atoms with Crippen LogP contribution in [0.1, 0.15) is 12.0 Å². The molecule has 7 nitrogen and oxygen atoms in total. The number of rotatable bonds is 4. The van der Waals surface area contributed by atoms with E-state index in [4.69, 9.17) is 0 Å². The third-order valence-electron chi connectivity index (χ3n) is 5.02. The van der Waals surface area contributed by atoms with Gasteiger partial charge in [-0.25, -0.2) is 18.2 Å². The normalized spacial score (nSPS) is 21.7. The van der Waals surface area contributed by atoms with E-state index in [1.54, 1.807) is 0 Å². The van der Waals surface area contributed by atoms with E-state index in [1.165, 1.54) is 17.2 Å². The second kappa shape index (κ2) is 7.05. The molecule has 152 valence electrons. The predicted molar refractivity (Wildman–Crippen MR) is 97.2 cm³/mol. The summed E-state index contributed by atoms with van der Waals surface area (Å²) in [5.41, 5.74) is -1.33. The van der Waals surface area contributed by atoms with Crippen molar-refractivity contribution in [2.45, 2.75) is 24.8 Å².